The first-order chi connectivity index (χ1) is 9.11. The van der Waals surface area contributed by atoms with Gasteiger partial charge in [0.25, 0.3) is 0 Å². The van der Waals surface area contributed by atoms with Crippen LogP contribution in [0.3, 0.4) is 0 Å². The maximum absolute atomic E-state index is 13.8. The Morgan fingerprint density at radius 3 is 2.37 bits per heavy atom. The molecule has 0 heterocycles. The molecule has 0 aromatic heterocycles. The summed E-state index contributed by atoms with van der Waals surface area (Å²) in [6.45, 7) is 4.53. The number of aryl methyl sites for hydroxylation is 2. The van der Waals surface area contributed by atoms with Crippen LogP contribution in [0.2, 0.25) is 0 Å². The summed E-state index contributed by atoms with van der Waals surface area (Å²) in [5.74, 6) is 0.555. The molecule has 2 aromatic carbocycles. The van der Waals surface area contributed by atoms with E-state index >= 15 is 0 Å². The van der Waals surface area contributed by atoms with Crippen LogP contribution >= 0.6 is 0 Å². The maximum atomic E-state index is 13.8. The topological polar surface area (TPSA) is 35.2 Å². The zero-order chi connectivity index (χ0) is 13.8. The molecular formula is C16H18FNO. The lowest BCUT2D eigenvalue weighted by atomic mass is 10.1. The molecule has 0 saturated carbocycles. The van der Waals surface area contributed by atoms with Gasteiger partial charge in [0.2, 0.25) is 0 Å². The monoisotopic (exact) mass is 259 g/mol. The first-order valence-electron chi connectivity index (χ1n) is 6.28. The van der Waals surface area contributed by atoms with Gasteiger partial charge in [-0.25, -0.2) is 4.39 Å². The fraction of sp³-hybridized carbons (Fsp3) is 0.250. The summed E-state index contributed by atoms with van der Waals surface area (Å²) in [5, 5.41) is 0. The highest BCUT2D eigenvalue weighted by molar-refractivity contribution is 5.40. The van der Waals surface area contributed by atoms with Crippen LogP contribution in [0.1, 0.15) is 22.3 Å². The highest BCUT2D eigenvalue weighted by atomic mass is 19.1. The van der Waals surface area contributed by atoms with E-state index in [0.717, 1.165) is 22.4 Å². The Morgan fingerprint density at radius 1 is 1.11 bits per heavy atom. The van der Waals surface area contributed by atoms with E-state index in [1.54, 1.807) is 6.07 Å². The molecule has 0 aliphatic heterocycles. The van der Waals surface area contributed by atoms with Crippen molar-refractivity contribution in [1.82, 2.24) is 0 Å². The van der Waals surface area contributed by atoms with Gasteiger partial charge in [-0.05, 0) is 36.6 Å². The summed E-state index contributed by atoms with van der Waals surface area (Å²) in [6.07, 6.45) is 0. The summed E-state index contributed by atoms with van der Waals surface area (Å²) in [5.41, 5.74) is 8.91. The fourth-order valence-electron chi connectivity index (χ4n) is 2.01. The lowest BCUT2D eigenvalue weighted by molar-refractivity contribution is 0.295. The summed E-state index contributed by atoms with van der Waals surface area (Å²) in [7, 11) is 0. The van der Waals surface area contributed by atoms with Crippen LogP contribution in [-0.4, -0.2) is 0 Å². The van der Waals surface area contributed by atoms with Crippen molar-refractivity contribution in [2.24, 2.45) is 5.73 Å². The van der Waals surface area contributed by atoms with E-state index in [-0.39, 0.29) is 12.4 Å². The zero-order valence-electron chi connectivity index (χ0n) is 11.2. The quantitative estimate of drug-likeness (QED) is 0.912. The third-order valence-corrected chi connectivity index (χ3v) is 3.13. The third kappa shape index (κ3) is 3.12. The predicted octanol–water partition coefficient (Wildman–Crippen LogP) is 3.48. The molecule has 3 heteroatoms. The smallest absolute Gasteiger partial charge is 0.130 e. The number of hydrogen-bond donors (Lipinski definition) is 1. The van der Waals surface area contributed by atoms with Crippen molar-refractivity contribution < 1.29 is 9.13 Å². The molecule has 0 spiro atoms. The van der Waals surface area contributed by atoms with Gasteiger partial charge in [0.1, 0.15) is 18.2 Å². The van der Waals surface area contributed by atoms with E-state index < -0.39 is 0 Å². The number of hydrogen-bond acceptors (Lipinski definition) is 2. The van der Waals surface area contributed by atoms with Crippen LogP contribution in [0.15, 0.2) is 36.4 Å². The molecule has 0 unspecified atom stereocenters. The van der Waals surface area contributed by atoms with Gasteiger partial charge in [-0.15, -0.1) is 0 Å². The lowest BCUT2D eigenvalue weighted by Gasteiger charge is -2.12. The van der Waals surface area contributed by atoms with Crippen LogP contribution in [0.25, 0.3) is 0 Å². The number of halogens is 1. The third-order valence-electron chi connectivity index (χ3n) is 3.13. The van der Waals surface area contributed by atoms with E-state index in [1.807, 2.05) is 38.1 Å². The Balaban J connectivity index is 2.15. The van der Waals surface area contributed by atoms with Crippen molar-refractivity contribution in [3.8, 4) is 5.75 Å². The van der Waals surface area contributed by atoms with Crippen molar-refractivity contribution >= 4 is 0 Å². The molecule has 0 fully saturated rings. The van der Waals surface area contributed by atoms with Gasteiger partial charge in [0, 0.05) is 12.1 Å². The fourth-order valence-corrected chi connectivity index (χ4v) is 2.01. The molecule has 2 nitrogen and oxygen atoms in total. The Hall–Kier alpha value is -1.87. The molecular weight excluding hydrogens is 241 g/mol. The van der Waals surface area contributed by atoms with Gasteiger partial charge >= 0.3 is 0 Å². The maximum Gasteiger partial charge on any atom is 0.130 e. The van der Waals surface area contributed by atoms with Crippen LogP contribution in [0, 0.1) is 19.7 Å². The first kappa shape index (κ1) is 13.6. The molecule has 2 N–H and O–H groups in total. The van der Waals surface area contributed by atoms with Gasteiger partial charge in [-0.2, -0.15) is 0 Å². The minimum atomic E-state index is -0.269. The zero-order valence-corrected chi connectivity index (χ0v) is 11.2. The van der Waals surface area contributed by atoms with Crippen LogP contribution < -0.4 is 10.5 Å². The highest BCUT2D eigenvalue weighted by Crippen LogP contribution is 2.24. The van der Waals surface area contributed by atoms with Crippen LogP contribution in [0.4, 0.5) is 4.39 Å². The van der Waals surface area contributed by atoms with E-state index in [4.69, 9.17) is 10.5 Å². The molecule has 0 saturated heterocycles. The second-order valence-electron chi connectivity index (χ2n) is 4.64. The van der Waals surface area contributed by atoms with Gasteiger partial charge in [-0.3, -0.25) is 0 Å². The van der Waals surface area contributed by atoms with Crippen molar-refractivity contribution in [2.75, 3.05) is 0 Å². The number of nitrogens with two attached hydrogens (primary N) is 1. The largest absolute Gasteiger partial charge is 0.488 e. The average molecular weight is 259 g/mol. The van der Waals surface area contributed by atoms with Gasteiger partial charge in [0.05, 0.1) is 0 Å². The molecule has 0 aliphatic carbocycles. The molecule has 0 aliphatic rings. The summed E-state index contributed by atoms with van der Waals surface area (Å²) >= 11 is 0. The Morgan fingerprint density at radius 2 is 1.79 bits per heavy atom. The molecule has 2 rings (SSSR count). The number of benzene rings is 2. The SMILES string of the molecule is Cc1cccc(C)c1OCc1ccc(CN)cc1F. The standard InChI is InChI=1S/C16H18FNO/c1-11-4-3-5-12(2)16(11)19-10-14-7-6-13(9-18)8-15(14)17/h3-8H,9-10,18H2,1-2H3. The Kier molecular flexibility index (Phi) is 4.17. The van der Waals surface area contributed by atoms with E-state index in [0.29, 0.717) is 12.1 Å². The molecule has 0 amide bonds. The van der Waals surface area contributed by atoms with Gasteiger partial charge in [0.15, 0.2) is 0 Å². The predicted molar refractivity (Wildman–Crippen MR) is 74.5 cm³/mol. The normalized spacial score (nSPS) is 10.5. The Labute approximate surface area is 113 Å². The van der Waals surface area contributed by atoms with E-state index in [2.05, 4.69) is 0 Å². The van der Waals surface area contributed by atoms with Crippen molar-refractivity contribution in [2.45, 2.75) is 27.0 Å². The van der Waals surface area contributed by atoms with Crippen molar-refractivity contribution in [1.29, 1.82) is 0 Å². The van der Waals surface area contributed by atoms with E-state index in [9.17, 15) is 4.39 Å². The molecule has 2 aromatic rings. The van der Waals surface area contributed by atoms with Crippen molar-refractivity contribution in [3.63, 3.8) is 0 Å². The summed E-state index contributed by atoms with van der Waals surface area (Å²) in [4.78, 5) is 0. The summed E-state index contributed by atoms with van der Waals surface area (Å²) in [6, 6.07) is 11.0. The highest BCUT2D eigenvalue weighted by Gasteiger charge is 2.07. The molecule has 0 radical (unpaired) electrons. The van der Waals surface area contributed by atoms with Crippen LogP contribution in [0.5, 0.6) is 5.75 Å². The molecule has 19 heavy (non-hydrogen) atoms. The lowest BCUT2D eigenvalue weighted by Crippen LogP contribution is -2.03. The van der Waals surface area contributed by atoms with E-state index in [1.165, 1.54) is 6.07 Å². The number of ether oxygens (including phenoxy) is 1. The number of rotatable bonds is 4. The van der Waals surface area contributed by atoms with Gasteiger partial charge < -0.3 is 10.5 Å². The number of para-hydroxylation sites is 1. The second-order valence-corrected chi connectivity index (χ2v) is 4.64. The molecule has 0 bridgehead atoms. The van der Waals surface area contributed by atoms with Gasteiger partial charge in [-0.1, -0.05) is 30.3 Å². The van der Waals surface area contributed by atoms with Crippen LogP contribution in [-0.2, 0) is 13.2 Å². The van der Waals surface area contributed by atoms with Crippen molar-refractivity contribution in [3.05, 3.63) is 64.5 Å². The average Bonchev–Trinajstić information content (AvgIpc) is 2.39. The minimum absolute atomic E-state index is 0.225. The minimum Gasteiger partial charge on any atom is -0.488 e. The first-order valence-corrected chi connectivity index (χ1v) is 6.28. The Bertz CT molecular complexity index is 561. The summed E-state index contributed by atoms with van der Waals surface area (Å²) < 4.78 is 19.5. The molecule has 0 atom stereocenters. The second kappa shape index (κ2) is 5.85. The molecule has 100 valence electrons.